The van der Waals surface area contributed by atoms with Crippen LogP contribution in [0, 0.1) is 17.0 Å². The second-order valence-corrected chi connectivity index (χ2v) is 14.6. The van der Waals surface area contributed by atoms with E-state index in [0.29, 0.717) is 44.6 Å². The number of rotatable bonds is 8. The number of thiophene rings is 1. The van der Waals surface area contributed by atoms with Crippen molar-refractivity contribution in [2.75, 3.05) is 32.8 Å². The second-order valence-electron chi connectivity index (χ2n) is 11.4. The first-order chi connectivity index (χ1) is 20.7. The van der Waals surface area contributed by atoms with Crippen molar-refractivity contribution in [3.8, 4) is 0 Å². The van der Waals surface area contributed by atoms with Gasteiger partial charge in [0.15, 0.2) is 0 Å². The summed E-state index contributed by atoms with van der Waals surface area (Å²) in [5.74, 6) is 1.42. The highest BCUT2D eigenvalue weighted by molar-refractivity contribution is 7.89. The highest BCUT2D eigenvalue weighted by atomic mass is 35.5. The number of aromatic nitrogens is 2. The number of aryl methyl sites for hydroxylation is 1. The highest BCUT2D eigenvalue weighted by Crippen LogP contribution is 2.57. The van der Waals surface area contributed by atoms with Gasteiger partial charge in [-0.3, -0.25) is 15.0 Å². The number of halogens is 1. The smallest absolute Gasteiger partial charge is 0.269 e. The first kappa shape index (κ1) is 28.8. The third-order valence-electron chi connectivity index (χ3n) is 8.81. The summed E-state index contributed by atoms with van der Waals surface area (Å²) < 4.78 is 33.9. The summed E-state index contributed by atoms with van der Waals surface area (Å²) in [5.41, 5.74) is 3.16. The molecule has 3 fully saturated rings. The molecule has 0 N–H and O–H groups in total. The van der Waals surface area contributed by atoms with Crippen LogP contribution >= 0.6 is 22.9 Å². The summed E-state index contributed by atoms with van der Waals surface area (Å²) >= 11 is 8.60. The molecular formula is C30H30ClN5O5S2. The summed E-state index contributed by atoms with van der Waals surface area (Å²) in [5, 5.41) is 14.9. The van der Waals surface area contributed by atoms with E-state index in [9.17, 15) is 18.5 Å². The zero-order valence-electron chi connectivity index (χ0n) is 23.4. The Morgan fingerprint density at radius 2 is 1.81 bits per heavy atom. The van der Waals surface area contributed by atoms with Crippen molar-refractivity contribution in [2.45, 2.75) is 48.6 Å². The lowest BCUT2D eigenvalue weighted by Gasteiger charge is -2.44. The molecule has 2 saturated heterocycles. The molecule has 2 aromatic heterocycles. The van der Waals surface area contributed by atoms with Gasteiger partial charge >= 0.3 is 0 Å². The second kappa shape index (κ2) is 11.2. The molecule has 43 heavy (non-hydrogen) atoms. The van der Waals surface area contributed by atoms with Crippen LogP contribution in [0.3, 0.4) is 0 Å². The SMILES string of the molecule is Cc1nc(C2CC2c2ccc(C(C3CCO3)N3CCN(S(=O)(=O)c4ccc([N+](=O)[O-])cc4)CC3)cc2Cl)c2ccsc2n1. The number of non-ortho nitro benzene ring substituents is 1. The number of fused-ring (bicyclic) bond motifs is 1. The predicted octanol–water partition coefficient (Wildman–Crippen LogP) is 5.67. The van der Waals surface area contributed by atoms with E-state index in [1.165, 1.54) is 28.6 Å². The van der Waals surface area contributed by atoms with Crippen molar-refractivity contribution in [2.24, 2.45) is 0 Å². The molecule has 4 atom stereocenters. The molecule has 0 bridgehead atoms. The van der Waals surface area contributed by atoms with Gasteiger partial charge in [-0.25, -0.2) is 18.4 Å². The largest absolute Gasteiger partial charge is 0.376 e. The van der Waals surface area contributed by atoms with Crippen molar-refractivity contribution in [1.29, 1.82) is 0 Å². The average molecular weight is 640 g/mol. The summed E-state index contributed by atoms with van der Waals surface area (Å²) in [7, 11) is -3.76. The Balaban J connectivity index is 1.07. The van der Waals surface area contributed by atoms with Gasteiger partial charge < -0.3 is 4.74 Å². The molecule has 2 aromatic carbocycles. The normalized spacial score (nSPS) is 23.6. The molecule has 2 aliphatic heterocycles. The van der Waals surface area contributed by atoms with Crippen LogP contribution in [-0.2, 0) is 14.8 Å². The Kier molecular flexibility index (Phi) is 7.47. The van der Waals surface area contributed by atoms with Gasteiger partial charge in [0.25, 0.3) is 5.69 Å². The minimum absolute atomic E-state index is 0.0179. The van der Waals surface area contributed by atoms with Crippen molar-refractivity contribution >= 4 is 48.9 Å². The van der Waals surface area contributed by atoms with Crippen LogP contribution in [0.25, 0.3) is 10.2 Å². The van der Waals surface area contributed by atoms with E-state index in [4.69, 9.17) is 21.3 Å². The topological polar surface area (TPSA) is 119 Å². The number of piperazine rings is 1. The molecule has 10 nitrogen and oxygen atoms in total. The van der Waals surface area contributed by atoms with Crippen LogP contribution in [0.5, 0.6) is 0 Å². The lowest BCUT2D eigenvalue weighted by molar-refractivity contribution is -0.384. The van der Waals surface area contributed by atoms with Crippen LogP contribution < -0.4 is 0 Å². The third-order valence-corrected chi connectivity index (χ3v) is 11.9. The molecule has 1 aliphatic carbocycles. The van der Waals surface area contributed by atoms with Crippen molar-refractivity contribution in [3.05, 3.63) is 91.7 Å². The first-order valence-corrected chi connectivity index (χ1v) is 17.0. The Bertz CT molecular complexity index is 1800. The zero-order valence-corrected chi connectivity index (χ0v) is 25.8. The van der Waals surface area contributed by atoms with Crippen LogP contribution in [0.4, 0.5) is 5.69 Å². The van der Waals surface area contributed by atoms with E-state index in [1.54, 1.807) is 11.3 Å². The lowest BCUT2D eigenvalue weighted by Crippen LogP contribution is -2.53. The van der Waals surface area contributed by atoms with Gasteiger partial charge in [-0.2, -0.15) is 4.31 Å². The van der Waals surface area contributed by atoms with Gasteiger partial charge in [0, 0.05) is 61.2 Å². The van der Waals surface area contributed by atoms with Crippen LogP contribution in [0.1, 0.15) is 53.4 Å². The maximum Gasteiger partial charge on any atom is 0.269 e. The summed E-state index contributed by atoms with van der Waals surface area (Å²) in [6.45, 7) is 4.34. The Labute approximate surface area is 258 Å². The van der Waals surface area contributed by atoms with Gasteiger partial charge in [-0.1, -0.05) is 23.7 Å². The van der Waals surface area contributed by atoms with Crippen molar-refractivity contribution in [1.82, 2.24) is 19.2 Å². The quantitative estimate of drug-likeness (QED) is 0.179. The summed E-state index contributed by atoms with van der Waals surface area (Å²) in [6.07, 6.45) is 1.95. The maximum absolute atomic E-state index is 13.3. The fourth-order valence-corrected chi connectivity index (χ4v) is 8.98. The van der Waals surface area contributed by atoms with E-state index in [0.717, 1.165) is 50.7 Å². The minimum atomic E-state index is -3.76. The number of benzene rings is 2. The fourth-order valence-electron chi connectivity index (χ4n) is 6.42. The summed E-state index contributed by atoms with van der Waals surface area (Å²) in [6, 6.07) is 13.5. The van der Waals surface area contributed by atoms with E-state index in [2.05, 4.69) is 39.5 Å². The number of nitro benzene ring substituents is 1. The zero-order chi connectivity index (χ0) is 29.9. The molecule has 224 valence electrons. The predicted molar refractivity (Wildman–Crippen MR) is 164 cm³/mol. The standard InChI is InChI=1S/C30H30ClN5O5S2/c1-18-32-28(23-9-15-42-30(23)33-18)25-17-24(25)22-7-2-19(16-26(22)31)29(27-8-14-41-27)34-10-12-35(13-11-34)43(39,40)21-5-3-20(4-6-21)36(37)38/h2-7,9,15-16,24-25,27,29H,8,10-14,17H2,1H3. The van der Waals surface area contributed by atoms with E-state index < -0.39 is 14.9 Å². The van der Waals surface area contributed by atoms with Crippen LogP contribution in [0.15, 0.2) is 58.8 Å². The van der Waals surface area contributed by atoms with Gasteiger partial charge in [-0.05, 0) is 66.5 Å². The number of sulfonamides is 1. The van der Waals surface area contributed by atoms with Gasteiger partial charge in [0.2, 0.25) is 10.0 Å². The number of hydrogen-bond donors (Lipinski definition) is 0. The van der Waals surface area contributed by atoms with E-state index in [-0.39, 0.29) is 22.7 Å². The van der Waals surface area contributed by atoms with Crippen molar-refractivity contribution in [3.63, 3.8) is 0 Å². The molecule has 0 amide bonds. The number of hydrogen-bond acceptors (Lipinski definition) is 9. The van der Waals surface area contributed by atoms with Gasteiger partial charge in [-0.15, -0.1) is 11.3 Å². The van der Waals surface area contributed by atoms with Crippen LogP contribution in [-0.4, -0.2) is 71.4 Å². The van der Waals surface area contributed by atoms with Crippen LogP contribution in [0.2, 0.25) is 5.02 Å². The highest BCUT2D eigenvalue weighted by Gasteiger charge is 2.44. The van der Waals surface area contributed by atoms with E-state index >= 15 is 0 Å². The number of ether oxygens (including phenoxy) is 1. The monoisotopic (exact) mass is 639 g/mol. The lowest BCUT2D eigenvalue weighted by atomic mass is 9.93. The molecular weight excluding hydrogens is 610 g/mol. The molecule has 4 aromatic rings. The molecule has 1 saturated carbocycles. The molecule has 4 unspecified atom stereocenters. The molecule has 3 aliphatic rings. The molecule has 0 radical (unpaired) electrons. The molecule has 0 spiro atoms. The Hall–Kier alpha value is -3.00. The third kappa shape index (κ3) is 5.34. The first-order valence-electron chi connectivity index (χ1n) is 14.3. The average Bonchev–Trinajstić information content (AvgIpc) is 3.62. The maximum atomic E-state index is 13.3. The number of nitro groups is 1. The molecule has 13 heteroatoms. The van der Waals surface area contributed by atoms with Gasteiger partial charge in [0.05, 0.1) is 27.7 Å². The van der Waals surface area contributed by atoms with Gasteiger partial charge in [0.1, 0.15) is 10.7 Å². The number of nitrogens with zero attached hydrogens (tertiary/aromatic N) is 5. The molecule has 7 rings (SSSR count). The van der Waals surface area contributed by atoms with Crippen molar-refractivity contribution < 1.29 is 18.1 Å². The fraction of sp³-hybridized carbons (Fsp3) is 0.400. The Morgan fingerprint density at radius 3 is 2.47 bits per heavy atom. The summed E-state index contributed by atoms with van der Waals surface area (Å²) in [4.78, 5) is 23.2. The minimum Gasteiger partial charge on any atom is -0.376 e. The Morgan fingerprint density at radius 1 is 1.07 bits per heavy atom. The molecule has 4 heterocycles. The van der Waals surface area contributed by atoms with E-state index in [1.807, 2.05) is 6.92 Å².